The molecular weight excluding hydrogens is 290 g/mol. The quantitative estimate of drug-likeness (QED) is 0.832. The predicted molar refractivity (Wildman–Crippen MR) is 93.2 cm³/mol. The van der Waals surface area contributed by atoms with Crippen molar-refractivity contribution in [3.63, 3.8) is 0 Å². The molecule has 0 radical (unpaired) electrons. The van der Waals surface area contributed by atoms with E-state index in [0.717, 1.165) is 25.7 Å². The number of amides is 1. The van der Waals surface area contributed by atoms with E-state index in [1.807, 2.05) is 20.8 Å². The van der Waals surface area contributed by atoms with Gasteiger partial charge in [-0.25, -0.2) is 9.80 Å². The first-order chi connectivity index (χ1) is 10.7. The number of hydrazine groups is 1. The van der Waals surface area contributed by atoms with E-state index in [-0.39, 0.29) is 12.1 Å². The van der Waals surface area contributed by atoms with Crippen molar-refractivity contribution in [1.82, 2.24) is 15.8 Å². The van der Waals surface area contributed by atoms with Gasteiger partial charge in [-0.1, -0.05) is 6.42 Å². The van der Waals surface area contributed by atoms with Gasteiger partial charge in [-0.15, -0.1) is 0 Å². The summed E-state index contributed by atoms with van der Waals surface area (Å²) in [5, 5.41) is 5.48. The highest BCUT2D eigenvalue weighted by Crippen LogP contribution is 2.24. The molecule has 2 N–H and O–H groups in total. The number of carbonyl (C=O) groups is 1. The molecule has 2 fully saturated rings. The zero-order valence-electron chi connectivity index (χ0n) is 15.5. The van der Waals surface area contributed by atoms with Crippen LogP contribution < -0.4 is 10.7 Å². The molecule has 5 nitrogen and oxygen atoms in total. The first-order valence-electron chi connectivity index (χ1n) is 9.28. The highest BCUT2D eigenvalue weighted by molar-refractivity contribution is 5.68. The van der Waals surface area contributed by atoms with Crippen LogP contribution in [0.5, 0.6) is 0 Å². The molecule has 134 valence electrons. The summed E-state index contributed by atoms with van der Waals surface area (Å²) in [4.78, 5) is 11.9. The van der Waals surface area contributed by atoms with Gasteiger partial charge in [-0.3, -0.25) is 5.43 Å². The summed E-state index contributed by atoms with van der Waals surface area (Å²) in [6.45, 7) is 10.3. The van der Waals surface area contributed by atoms with E-state index in [4.69, 9.17) is 4.74 Å². The van der Waals surface area contributed by atoms with Crippen LogP contribution in [0.15, 0.2) is 0 Å². The van der Waals surface area contributed by atoms with Gasteiger partial charge >= 0.3 is 6.09 Å². The Bertz CT molecular complexity index is 376. The number of nitrogens with zero attached hydrogens (tertiary/aromatic N) is 1. The van der Waals surface area contributed by atoms with Gasteiger partial charge in [0.1, 0.15) is 5.60 Å². The molecule has 0 aromatic rings. The molecule has 2 unspecified atom stereocenters. The summed E-state index contributed by atoms with van der Waals surface area (Å²) in [5.74, 6) is 0. The summed E-state index contributed by atoms with van der Waals surface area (Å²) in [7, 11) is 0. The van der Waals surface area contributed by atoms with Gasteiger partial charge in [0.25, 0.3) is 0 Å². The second-order valence-corrected chi connectivity index (χ2v) is 8.36. The molecule has 2 rings (SSSR count). The van der Waals surface area contributed by atoms with Gasteiger partial charge in [-0.05, 0) is 73.1 Å². The van der Waals surface area contributed by atoms with Crippen LogP contribution in [0.1, 0.15) is 79.6 Å². The summed E-state index contributed by atoms with van der Waals surface area (Å²) < 4.78 is 5.34. The van der Waals surface area contributed by atoms with Crippen LogP contribution in [0.4, 0.5) is 4.79 Å². The highest BCUT2D eigenvalue weighted by Gasteiger charge is 2.29. The van der Waals surface area contributed by atoms with Crippen LogP contribution in [0.2, 0.25) is 0 Å². The Kier molecular flexibility index (Phi) is 6.32. The van der Waals surface area contributed by atoms with Crippen LogP contribution in [0.25, 0.3) is 0 Å². The normalized spacial score (nSPS) is 33.3. The molecule has 5 heteroatoms. The highest BCUT2D eigenvalue weighted by atomic mass is 16.6. The Morgan fingerprint density at radius 3 is 2.00 bits per heavy atom. The standard InChI is InChI=1S/C18H35N3O2/c1-13-7-6-8-14(2)21(13)20-16-11-9-15(10-12-16)19-17(22)23-18(3,4)5/h13-16,20H,6-12H2,1-5H3,(H,19,22). The molecule has 1 aliphatic carbocycles. The number of hydrogen-bond donors (Lipinski definition) is 2. The molecule has 1 amide bonds. The third-order valence-electron chi connectivity index (χ3n) is 4.97. The lowest BCUT2D eigenvalue weighted by Crippen LogP contribution is -2.56. The van der Waals surface area contributed by atoms with E-state index >= 15 is 0 Å². The zero-order valence-corrected chi connectivity index (χ0v) is 15.5. The molecule has 2 aliphatic rings. The average Bonchev–Trinajstić information content (AvgIpc) is 2.43. The molecule has 0 bridgehead atoms. The smallest absolute Gasteiger partial charge is 0.407 e. The Morgan fingerprint density at radius 1 is 0.957 bits per heavy atom. The van der Waals surface area contributed by atoms with Gasteiger partial charge in [0.2, 0.25) is 0 Å². The van der Waals surface area contributed by atoms with E-state index < -0.39 is 5.60 Å². The van der Waals surface area contributed by atoms with Crippen LogP contribution in [0, 0.1) is 0 Å². The number of carbonyl (C=O) groups excluding carboxylic acids is 1. The van der Waals surface area contributed by atoms with Crippen LogP contribution >= 0.6 is 0 Å². The summed E-state index contributed by atoms with van der Waals surface area (Å²) in [6.07, 6.45) is 7.88. The molecule has 1 saturated heterocycles. The largest absolute Gasteiger partial charge is 0.444 e. The van der Waals surface area contributed by atoms with Crippen molar-refractivity contribution in [2.45, 2.75) is 109 Å². The van der Waals surface area contributed by atoms with E-state index in [2.05, 4.69) is 29.6 Å². The maximum atomic E-state index is 11.9. The van der Waals surface area contributed by atoms with Crippen LogP contribution in [-0.2, 0) is 4.74 Å². The van der Waals surface area contributed by atoms with Gasteiger partial charge in [0, 0.05) is 24.2 Å². The van der Waals surface area contributed by atoms with Gasteiger partial charge in [0.05, 0.1) is 0 Å². The van der Waals surface area contributed by atoms with Crippen molar-refractivity contribution in [1.29, 1.82) is 0 Å². The SMILES string of the molecule is CC1CCCC(C)N1NC1CCC(NC(=O)OC(C)(C)C)CC1. The number of rotatable bonds is 3. The summed E-state index contributed by atoms with van der Waals surface area (Å²) in [5.41, 5.74) is 3.33. The molecule has 0 spiro atoms. The van der Waals surface area contributed by atoms with Crippen LogP contribution in [-0.4, -0.2) is 40.9 Å². The fourth-order valence-corrected chi connectivity index (χ4v) is 3.73. The van der Waals surface area contributed by atoms with Crippen molar-refractivity contribution in [3.05, 3.63) is 0 Å². The topological polar surface area (TPSA) is 53.6 Å². The second kappa shape index (κ2) is 7.84. The molecule has 23 heavy (non-hydrogen) atoms. The Hall–Kier alpha value is -0.810. The third-order valence-corrected chi connectivity index (χ3v) is 4.97. The number of nitrogens with one attached hydrogen (secondary N) is 2. The van der Waals surface area contributed by atoms with E-state index in [1.54, 1.807) is 0 Å². The molecule has 0 aromatic heterocycles. The summed E-state index contributed by atoms with van der Waals surface area (Å²) in [6, 6.07) is 2.03. The van der Waals surface area contributed by atoms with Gasteiger partial charge < -0.3 is 10.1 Å². The van der Waals surface area contributed by atoms with Gasteiger partial charge in [0.15, 0.2) is 0 Å². The summed E-state index contributed by atoms with van der Waals surface area (Å²) >= 11 is 0. The van der Waals surface area contributed by atoms with E-state index in [0.29, 0.717) is 18.1 Å². The average molecular weight is 325 g/mol. The minimum atomic E-state index is -0.427. The van der Waals surface area contributed by atoms with Crippen molar-refractivity contribution in [2.24, 2.45) is 0 Å². The number of piperidine rings is 1. The lowest BCUT2D eigenvalue weighted by atomic mass is 9.91. The zero-order chi connectivity index (χ0) is 17.0. The molecule has 1 aliphatic heterocycles. The lowest BCUT2D eigenvalue weighted by molar-refractivity contribution is 0.0199. The second-order valence-electron chi connectivity index (χ2n) is 8.36. The van der Waals surface area contributed by atoms with Crippen molar-refractivity contribution in [2.75, 3.05) is 0 Å². The number of ether oxygens (including phenoxy) is 1. The van der Waals surface area contributed by atoms with E-state index in [9.17, 15) is 4.79 Å². The molecule has 0 aromatic carbocycles. The van der Waals surface area contributed by atoms with Crippen molar-refractivity contribution >= 4 is 6.09 Å². The van der Waals surface area contributed by atoms with Gasteiger partial charge in [-0.2, -0.15) is 0 Å². The Balaban J connectivity index is 1.72. The first-order valence-corrected chi connectivity index (χ1v) is 9.28. The fraction of sp³-hybridized carbons (Fsp3) is 0.944. The fourth-order valence-electron chi connectivity index (χ4n) is 3.73. The maximum absolute atomic E-state index is 11.9. The Labute approximate surface area is 141 Å². The molecule has 2 atom stereocenters. The van der Waals surface area contributed by atoms with E-state index in [1.165, 1.54) is 19.3 Å². The predicted octanol–water partition coefficient (Wildman–Crippen LogP) is 3.59. The monoisotopic (exact) mass is 325 g/mol. The van der Waals surface area contributed by atoms with Crippen molar-refractivity contribution < 1.29 is 9.53 Å². The van der Waals surface area contributed by atoms with Crippen molar-refractivity contribution in [3.8, 4) is 0 Å². The lowest BCUT2D eigenvalue weighted by Gasteiger charge is -2.43. The molecular formula is C18H35N3O2. The third kappa shape index (κ3) is 5.96. The Morgan fingerprint density at radius 2 is 1.48 bits per heavy atom. The number of alkyl carbamates (subject to hydrolysis) is 1. The minimum absolute atomic E-state index is 0.249. The maximum Gasteiger partial charge on any atom is 0.407 e. The number of hydrogen-bond acceptors (Lipinski definition) is 4. The molecule has 1 heterocycles. The minimum Gasteiger partial charge on any atom is -0.444 e. The first kappa shape index (κ1) is 18.5. The van der Waals surface area contributed by atoms with Crippen LogP contribution in [0.3, 0.4) is 0 Å². The molecule has 1 saturated carbocycles.